The van der Waals surface area contributed by atoms with E-state index in [0.717, 1.165) is 17.6 Å². The SMILES string of the molecule is CC(NC(=O)c1cncc(Br)c1)C1CCCNC1.Cl.Cl. The van der Waals surface area contributed by atoms with Crippen LogP contribution in [0.2, 0.25) is 0 Å². The van der Waals surface area contributed by atoms with Gasteiger partial charge in [-0.3, -0.25) is 9.78 Å². The second-order valence-corrected chi connectivity index (χ2v) is 5.68. The van der Waals surface area contributed by atoms with Gasteiger partial charge in [-0.2, -0.15) is 0 Å². The Hall–Kier alpha value is -0.360. The van der Waals surface area contributed by atoms with Gasteiger partial charge in [-0.15, -0.1) is 24.8 Å². The highest BCUT2D eigenvalue weighted by Crippen LogP contribution is 2.15. The molecule has 1 aromatic heterocycles. The Balaban J connectivity index is 0.00000180. The summed E-state index contributed by atoms with van der Waals surface area (Å²) in [7, 11) is 0. The van der Waals surface area contributed by atoms with E-state index in [2.05, 4.69) is 38.5 Å². The lowest BCUT2D eigenvalue weighted by Crippen LogP contribution is -2.44. The number of hydrogen-bond acceptors (Lipinski definition) is 3. The smallest absolute Gasteiger partial charge is 0.253 e. The van der Waals surface area contributed by atoms with Crippen LogP contribution in [0.25, 0.3) is 0 Å². The second-order valence-electron chi connectivity index (χ2n) is 4.76. The molecule has 1 saturated heterocycles. The summed E-state index contributed by atoms with van der Waals surface area (Å²) in [6, 6.07) is 1.97. The van der Waals surface area contributed by atoms with E-state index in [-0.39, 0.29) is 36.8 Å². The van der Waals surface area contributed by atoms with Crippen molar-refractivity contribution in [1.82, 2.24) is 15.6 Å². The van der Waals surface area contributed by atoms with Crippen molar-refractivity contribution in [1.29, 1.82) is 0 Å². The van der Waals surface area contributed by atoms with Crippen molar-refractivity contribution in [2.45, 2.75) is 25.8 Å². The zero-order valence-electron chi connectivity index (χ0n) is 11.3. The Labute approximate surface area is 140 Å². The second kappa shape index (κ2) is 9.55. The highest BCUT2D eigenvalue weighted by atomic mass is 79.9. The Morgan fingerprint density at radius 3 is 2.85 bits per heavy atom. The molecule has 1 aromatic rings. The van der Waals surface area contributed by atoms with Gasteiger partial charge in [-0.05, 0) is 60.8 Å². The first-order valence-corrected chi connectivity index (χ1v) is 7.08. The number of pyridine rings is 1. The number of halogens is 3. The number of carbonyl (C=O) groups is 1. The molecule has 0 aromatic carbocycles. The molecule has 1 fully saturated rings. The molecular weight excluding hydrogens is 365 g/mol. The third-order valence-electron chi connectivity index (χ3n) is 3.37. The van der Waals surface area contributed by atoms with Crippen molar-refractivity contribution in [3.63, 3.8) is 0 Å². The normalized spacial score (nSPS) is 19.2. The maximum absolute atomic E-state index is 12.1. The zero-order valence-corrected chi connectivity index (χ0v) is 14.5. The van der Waals surface area contributed by atoms with E-state index >= 15 is 0 Å². The number of piperidine rings is 1. The Morgan fingerprint density at radius 2 is 2.25 bits per heavy atom. The van der Waals surface area contributed by atoms with Crippen LogP contribution in [-0.4, -0.2) is 30.0 Å². The Bertz CT molecular complexity index is 428. The predicted octanol–water partition coefficient (Wildman–Crippen LogP) is 2.81. The minimum Gasteiger partial charge on any atom is -0.349 e. The molecule has 0 saturated carbocycles. The van der Waals surface area contributed by atoms with Crippen LogP contribution in [0.4, 0.5) is 0 Å². The first-order chi connectivity index (χ1) is 8.66. The molecule has 1 aliphatic heterocycles. The molecule has 2 heterocycles. The summed E-state index contributed by atoms with van der Waals surface area (Å²) < 4.78 is 0.821. The molecule has 20 heavy (non-hydrogen) atoms. The van der Waals surface area contributed by atoms with E-state index in [1.807, 2.05) is 0 Å². The first kappa shape index (κ1) is 19.6. The summed E-state index contributed by atoms with van der Waals surface area (Å²) in [5, 5.41) is 6.42. The maximum Gasteiger partial charge on any atom is 0.253 e. The van der Waals surface area contributed by atoms with Gasteiger partial charge < -0.3 is 10.6 Å². The molecule has 4 nitrogen and oxygen atoms in total. The lowest BCUT2D eigenvalue weighted by Gasteiger charge is -2.28. The molecule has 114 valence electrons. The monoisotopic (exact) mass is 383 g/mol. The van der Waals surface area contributed by atoms with E-state index in [4.69, 9.17) is 0 Å². The van der Waals surface area contributed by atoms with Gasteiger partial charge in [0.05, 0.1) is 5.56 Å². The Morgan fingerprint density at radius 1 is 1.50 bits per heavy atom. The molecule has 2 rings (SSSR count). The van der Waals surface area contributed by atoms with Gasteiger partial charge in [0.1, 0.15) is 0 Å². The quantitative estimate of drug-likeness (QED) is 0.842. The highest BCUT2D eigenvalue weighted by molar-refractivity contribution is 9.10. The lowest BCUT2D eigenvalue weighted by atomic mass is 9.92. The third-order valence-corrected chi connectivity index (χ3v) is 3.80. The number of rotatable bonds is 3. The van der Waals surface area contributed by atoms with Crippen LogP contribution in [0.3, 0.4) is 0 Å². The van der Waals surface area contributed by atoms with Crippen LogP contribution in [0.5, 0.6) is 0 Å². The summed E-state index contributed by atoms with van der Waals surface area (Å²) in [6.07, 6.45) is 5.62. The van der Waals surface area contributed by atoms with Crippen LogP contribution in [-0.2, 0) is 0 Å². The van der Waals surface area contributed by atoms with Crippen molar-refractivity contribution in [2.75, 3.05) is 13.1 Å². The molecule has 0 radical (unpaired) electrons. The summed E-state index contributed by atoms with van der Waals surface area (Å²) in [5.41, 5.74) is 0.597. The molecular formula is C13H20BrCl2N3O. The van der Waals surface area contributed by atoms with E-state index in [1.165, 1.54) is 12.8 Å². The molecule has 2 N–H and O–H groups in total. The zero-order chi connectivity index (χ0) is 13.0. The summed E-state index contributed by atoms with van der Waals surface area (Å²) in [4.78, 5) is 16.1. The highest BCUT2D eigenvalue weighted by Gasteiger charge is 2.21. The molecule has 0 bridgehead atoms. The van der Waals surface area contributed by atoms with Crippen LogP contribution in [0.15, 0.2) is 22.9 Å². The van der Waals surface area contributed by atoms with Gasteiger partial charge in [0.25, 0.3) is 5.91 Å². The molecule has 2 unspecified atom stereocenters. The largest absolute Gasteiger partial charge is 0.349 e. The van der Waals surface area contributed by atoms with E-state index < -0.39 is 0 Å². The molecule has 7 heteroatoms. The third kappa shape index (κ3) is 5.56. The van der Waals surface area contributed by atoms with Gasteiger partial charge in [-0.25, -0.2) is 0 Å². The van der Waals surface area contributed by atoms with E-state index in [9.17, 15) is 4.79 Å². The van der Waals surface area contributed by atoms with Crippen molar-refractivity contribution in [3.05, 3.63) is 28.5 Å². The van der Waals surface area contributed by atoms with Crippen molar-refractivity contribution in [3.8, 4) is 0 Å². The van der Waals surface area contributed by atoms with E-state index in [1.54, 1.807) is 18.5 Å². The van der Waals surface area contributed by atoms with Crippen LogP contribution >= 0.6 is 40.7 Å². The lowest BCUT2D eigenvalue weighted by molar-refractivity contribution is 0.0921. The van der Waals surface area contributed by atoms with Crippen LogP contribution < -0.4 is 10.6 Å². The number of amides is 1. The average Bonchev–Trinajstić information content (AvgIpc) is 2.39. The fourth-order valence-corrected chi connectivity index (χ4v) is 2.61. The number of hydrogen-bond donors (Lipinski definition) is 2. The summed E-state index contributed by atoms with van der Waals surface area (Å²) >= 11 is 3.32. The Kier molecular flexibility index (Phi) is 9.38. The van der Waals surface area contributed by atoms with Gasteiger partial charge >= 0.3 is 0 Å². The predicted molar refractivity (Wildman–Crippen MR) is 89.0 cm³/mol. The van der Waals surface area contributed by atoms with Gasteiger partial charge in [-0.1, -0.05) is 0 Å². The number of aromatic nitrogens is 1. The topological polar surface area (TPSA) is 54.0 Å². The van der Waals surface area contributed by atoms with Crippen molar-refractivity contribution < 1.29 is 4.79 Å². The van der Waals surface area contributed by atoms with Crippen LogP contribution in [0.1, 0.15) is 30.1 Å². The summed E-state index contributed by atoms with van der Waals surface area (Å²) in [6.45, 7) is 4.14. The minimum absolute atomic E-state index is 0. The number of nitrogens with one attached hydrogen (secondary N) is 2. The molecule has 2 atom stereocenters. The van der Waals surface area contributed by atoms with Crippen molar-refractivity contribution >= 4 is 46.7 Å². The van der Waals surface area contributed by atoms with Gasteiger partial charge in [0, 0.05) is 22.9 Å². The fraction of sp³-hybridized carbons (Fsp3) is 0.538. The van der Waals surface area contributed by atoms with Gasteiger partial charge in [0.2, 0.25) is 0 Å². The van der Waals surface area contributed by atoms with Gasteiger partial charge in [0.15, 0.2) is 0 Å². The van der Waals surface area contributed by atoms with Crippen molar-refractivity contribution in [2.24, 2.45) is 5.92 Å². The first-order valence-electron chi connectivity index (χ1n) is 6.29. The fourth-order valence-electron chi connectivity index (χ4n) is 2.25. The van der Waals surface area contributed by atoms with Crippen LogP contribution in [0, 0.1) is 5.92 Å². The number of nitrogens with zero attached hydrogens (tertiary/aromatic N) is 1. The maximum atomic E-state index is 12.1. The average molecular weight is 385 g/mol. The molecule has 1 amide bonds. The molecule has 0 spiro atoms. The summed E-state index contributed by atoms with van der Waals surface area (Å²) in [5.74, 6) is 0.463. The number of carbonyl (C=O) groups excluding carboxylic acids is 1. The van der Waals surface area contributed by atoms with E-state index in [0.29, 0.717) is 11.5 Å². The minimum atomic E-state index is -0.0538. The molecule has 0 aliphatic carbocycles. The standard InChI is InChI=1S/C13H18BrN3O.2ClH/c1-9(10-3-2-4-15-6-10)17-13(18)11-5-12(14)8-16-7-11;;/h5,7-10,15H,2-4,6H2,1H3,(H,17,18);2*1H. The molecule has 1 aliphatic rings.